The predicted octanol–water partition coefficient (Wildman–Crippen LogP) is 4.87. The fourth-order valence-electron chi connectivity index (χ4n) is 1.60. The lowest BCUT2D eigenvalue weighted by molar-refractivity contribution is -0.137. The standard InChI is InChI=1S/C13H12ClF3N2S2/c1-18-10(7-20-9-4-2-8(14)3-5-9)11-6-19-12(21-11)13(15,16)17/h2-6,10,18H,7H2,1H3. The van der Waals surface area contributed by atoms with E-state index in [0.717, 1.165) is 4.90 Å². The highest BCUT2D eigenvalue weighted by molar-refractivity contribution is 7.99. The summed E-state index contributed by atoms with van der Waals surface area (Å²) in [6.45, 7) is 0. The van der Waals surface area contributed by atoms with Gasteiger partial charge in [-0.25, -0.2) is 4.98 Å². The number of benzene rings is 1. The summed E-state index contributed by atoms with van der Waals surface area (Å²) in [5.74, 6) is 0.609. The minimum absolute atomic E-state index is 0.181. The van der Waals surface area contributed by atoms with Crippen molar-refractivity contribution in [2.75, 3.05) is 12.8 Å². The topological polar surface area (TPSA) is 24.9 Å². The molecule has 1 aromatic carbocycles. The summed E-state index contributed by atoms with van der Waals surface area (Å²) in [5, 5.41) is 2.86. The fourth-order valence-corrected chi connectivity index (χ4v) is 3.76. The molecule has 0 spiro atoms. The van der Waals surface area contributed by atoms with Gasteiger partial charge in [-0.1, -0.05) is 11.6 Å². The van der Waals surface area contributed by atoms with E-state index < -0.39 is 11.2 Å². The van der Waals surface area contributed by atoms with Crippen LogP contribution >= 0.6 is 34.7 Å². The van der Waals surface area contributed by atoms with Crippen molar-refractivity contribution >= 4 is 34.7 Å². The number of thioether (sulfide) groups is 1. The molecule has 2 aromatic rings. The van der Waals surface area contributed by atoms with Crippen molar-refractivity contribution in [1.29, 1.82) is 0 Å². The van der Waals surface area contributed by atoms with Crippen LogP contribution in [0.2, 0.25) is 5.02 Å². The molecule has 0 aliphatic heterocycles. The van der Waals surface area contributed by atoms with Gasteiger partial charge in [-0.3, -0.25) is 0 Å². The third-order valence-corrected chi connectivity index (χ3v) is 5.20. The summed E-state index contributed by atoms with van der Waals surface area (Å²) in [4.78, 5) is 5.04. The number of nitrogens with zero attached hydrogens (tertiary/aromatic N) is 1. The lowest BCUT2D eigenvalue weighted by atomic mass is 10.3. The highest BCUT2D eigenvalue weighted by atomic mass is 35.5. The predicted molar refractivity (Wildman–Crippen MR) is 81.1 cm³/mol. The van der Waals surface area contributed by atoms with Crippen LogP contribution in [0.3, 0.4) is 0 Å². The molecule has 0 aliphatic carbocycles. The molecule has 1 unspecified atom stereocenters. The van der Waals surface area contributed by atoms with Crippen LogP contribution in [0.4, 0.5) is 13.2 Å². The first-order valence-corrected chi connectivity index (χ1v) is 8.16. The second-order valence-electron chi connectivity index (χ2n) is 4.17. The van der Waals surface area contributed by atoms with Crippen LogP contribution in [-0.4, -0.2) is 17.8 Å². The molecule has 1 heterocycles. The van der Waals surface area contributed by atoms with E-state index in [1.807, 2.05) is 12.1 Å². The molecule has 0 aliphatic rings. The third kappa shape index (κ3) is 4.60. The molecular weight excluding hydrogens is 341 g/mol. The first-order chi connectivity index (χ1) is 9.90. The second kappa shape index (κ2) is 7.00. The van der Waals surface area contributed by atoms with Gasteiger partial charge >= 0.3 is 6.18 Å². The van der Waals surface area contributed by atoms with E-state index in [1.54, 1.807) is 30.9 Å². The molecule has 1 atom stereocenters. The SMILES string of the molecule is CNC(CSc1ccc(Cl)cc1)c1cnc(C(F)(F)F)s1. The number of hydrogen-bond donors (Lipinski definition) is 1. The van der Waals surface area contributed by atoms with E-state index in [4.69, 9.17) is 11.6 Å². The maximum Gasteiger partial charge on any atom is 0.443 e. The molecule has 0 bridgehead atoms. The van der Waals surface area contributed by atoms with E-state index in [2.05, 4.69) is 10.3 Å². The summed E-state index contributed by atoms with van der Waals surface area (Å²) < 4.78 is 37.7. The summed E-state index contributed by atoms with van der Waals surface area (Å²) in [7, 11) is 1.72. The van der Waals surface area contributed by atoms with Crippen molar-refractivity contribution in [3.05, 3.63) is 45.4 Å². The quantitative estimate of drug-likeness (QED) is 0.777. The third-order valence-electron chi connectivity index (χ3n) is 2.69. The molecule has 0 fully saturated rings. The van der Waals surface area contributed by atoms with Crippen molar-refractivity contribution in [3.63, 3.8) is 0 Å². The Morgan fingerprint density at radius 2 is 2.00 bits per heavy atom. The van der Waals surface area contributed by atoms with Crippen LogP contribution in [0, 0.1) is 0 Å². The average Bonchev–Trinajstić information content (AvgIpc) is 2.91. The molecule has 1 N–H and O–H groups in total. The Bertz CT molecular complexity index is 584. The van der Waals surface area contributed by atoms with Crippen molar-refractivity contribution in [3.8, 4) is 0 Å². The molecule has 0 saturated heterocycles. The summed E-state index contributed by atoms with van der Waals surface area (Å²) in [6, 6.07) is 7.15. The van der Waals surface area contributed by atoms with E-state index in [1.165, 1.54) is 6.20 Å². The lowest BCUT2D eigenvalue weighted by Gasteiger charge is -2.13. The highest BCUT2D eigenvalue weighted by Crippen LogP contribution is 2.35. The Morgan fingerprint density at radius 3 is 2.52 bits per heavy atom. The van der Waals surface area contributed by atoms with E-state index in [9.17, 15) is 13.2 Å². The summed E-state index contributed by atoms with van der Waals surface area (Å²) in [5.41, 5.74) is 0. The van der Waals surface area contributed by atoms with Crippen LogP contribution in [0.5, 0.6) is 0 Å². The van der Waals surface area contributed by atoms with Crippen LogP contribution in [-0.2, 0) is 6.18 Å². The largest absolute Gasteiger partial charge is 0.443 e. The lowest BCUT2D eigenvalue weighted by Crippen LogP contribution is -2.17. The van der Waals surface area contributed by atoms with Gasteiger partial charge < -0.3 is 5.32 Å². The van der Waals surface area contributed by atoms with Gasteiger partial charge in [0.25, 0.3) is 0 Å². The minimum atomic E-state index is -4.38. The molecular formula is C13H12ClF3N2S2. The van der Waals surface area contributed by atoms with Gasteiger partial charge in [-0.05, 0) is 31.3 Å². The molecule has 114 valence electrons. The Labute approximate surface area is 133 Å². The van der Waals surface area contributed by atoms with E-state index >= 15 is 0 Å². The van der Waals surface area contributed by atoms with Crippen LogP contribution in [0.1, 0.15) is 15.9 Å². The number of thiazole rings is 1. The number of alkyl halides is 3. The highest BCUT2D eigenvalue weighted by Gasteiger charge is 2.35. The number of rotatable bonds is 5. The molecule has 1 aromatic heterocycles. The Balaban J connectivity index is 2.03. The van der Waals surface area contributed by atoms with Gasteiger partial charge in [0.15, 0.2) is 5.01 Å². The van der Waals surface area contributed by atoms with Gasteiger partial charge in [0.05, 0.1) is 6.04 Å². The van der Waals surface area contributed by atoms with Crippen LogP contribution < -0.4 is 5.32 Å². The van der Waals surface area contributed by atoms with Gasteiger partial charge in [-0.2, -0.15) is 13.2 Å². The molecule has 0 amide bonds. The molecule has 2 nitrogen and oxygen atoms in total. The van der Waals surface area contributed by atoms with Crippen molar-refractivity contribution in [2.45, 2.75) is 17.1 Å². The first kappa shape index (κ1) is 16.6. The number of aromatic nitrogens is 1. The fraction of sp³-hybridized carbons (Fsp3) is 0.308. The Morgan fingerprint density at radius 1 is 1.33 bits per heavy atom. The summed E-state index contributed by atoms with van der Waals surface area (Å²) in [6.07, 6.45) is -3.10. The maximum atomic E-state index is 12.6. The van der Waals surface area contributed by atoms with E-state index in [0.29, 0.717) is 27.0 Å². The molecule has 8 heteroatoms. The number of hydrogen-bond acceptors (Lipinski definition) is 4. The Kier molecular flexibility index (Phi) is 5.54. The van der Waals surface area contributed by atoms with Gasteiger partial charge in [0, 0.05) is 26.7 Å². The van der Waals surface area contributed by atoms with Crippen LogP contribution in [0.15, 0.2) is 35.4 Å². The molecule has 21 heavy (non-hydrogen) atoms. The molecule has 0 radical (unpaired) electrons. The van der Waals surface area contributed by atoms with Crippen molar-refractivity contribution in [1.82, 2.24) is 10.3 Å². The van der Waals surface area contributed by atoms with Crippen LogP contribution in [0.25, 0.3) is 0 Å². The number of halogens is 4. The van der Waals surface area contributed by atoms with E-state index in [-0.39, 0.29) is 6.04 Å². The zero-order valence-electron chi connectivity index (χ0n) is 10.9. The smallest absolute Gasteiger partial charge is 0.312 e. The Hall–Kier alpha value is -0.760. The molecule has 2 rings (SSSR count). The van der Waals surface area contributed by atoms with Crippen molar-refractivity contribution in [2.24, 2.45) is 0 Å². The zero-order valence-corrected chi connectivity index (χ0v) is 13.3. The second-order valence-corrected chi connectivity index (χ2v) is 6.76. The van der Waals surface area contributed by atoms with Gasteiger partial charge in [-0.15, -0.1) is 23.1 Å². The average molecular weight is 353 g/mol. The normalized spacial score (nSPS) is 13.4. The number of nitrogens with one attached hydrogen (secondary N) is 1. The molecule has 0 saturated carbocycles. The summed E-state index contributed by atoms with van der Waals surface area (Å²) >= 11 is 8.04. The maximum absolute atomic E-state index is 12.6. The van der Waals surface area contributed by atoms with Crippen molar-refractivity contribution < 1.29 is 13.2 Å². The monoisotopic (exact) mass is 352 g/mol. The first-order valence-electron chi connectivity index (χ1n) is 5.98. The van der Waals surface area contributed by atoms with Gasteiger partial charge in [0.2, 0.25) is 0 Å². The zero-order chi connectivity index (χ0) is 15.5. The van der Waals surface area contributed by atoms with Gasteiger partial charge in [0.1, 0.15) is 0 Å². The minimum Gasteiger partial charge on any atom is -0.312 e.